The van der Waals surface area contributed by atoms with Crippen molar-refractivity contribution in [3.8, 4) is 5.75 Å². The van der Waals surface area contributed by atoms with Crippen LogP contribution in [0.2, 0.25) is 0 Å². The van der Waals surface area contributed by atoms with E-state index >= 15 is 0 Å². The lowest BCUT2D eigenvalue weighted by Gasteiger charge is -2.09. The number of ether oxygens (including phenoxy) is 1. The number of carbonyl (C=O) groups excluding carboxylic acids is 1. The fraction of sp³-hybridized carbons (Fsp3) is 0.200. The van der Waals surface area contributed by atoms with Crippen LogP contribution in [0.1, 0.15) is 33.5 Å². The molecule has 1 aromatic heterocycles. The van der Waals surface area contributed by atoms with E-state index in [9.17, 15) is 14.7 Å². The Morgan fingerprint density at radius 1 is 1.08 bits per heavy atom. The minimum atomic E-state index is -0.512. The van der Waals surface area contributed by atoms with Crippen LogP contribution in [0.4, 0.5) is 0 Å². The molecule has 1 aliphatic rings. The first-order valence-corrected chi connectivity index (χ1v) is 8.15. The van der Waals surface area contributed by atoms with Gasteiger partial charge in [0, 0.05) is 17.0 Å². The molecule has 5 heteroatoms. The lowest BCUT2D eigenvalue weighted by Crippen LogP contribution is -2.08. The Morgan fingerprint density at radius 2 is 1.80 bits per heavy atom. The van der Waals surface area contributed by atoms with Crippen molar-refractivity contribution in [3.63, 3.8) is 0 Å². The fourth-order valence-corrected chi connectivity index (χ4v) is 3.24. The number of aromatic hydroxyl groups is 1. The van der Waals surface area contributed by atoms with Gasteiger partial charge in [0.05, 0.1) is 5.56 Å². The number of benzene rings is 2. The summed E-state index contributed by atoms with van der Waals surface area (Å²) in [6, 6.07) is 11.1. The number of phenols is 1. The summed E-state index contributed by atoms with van der Waals surface area (Å²) in [4.78, 5) is 24.0. The number of phenolic OH excluding ortho intramolecular Hbond substituents is 1. The predicted octanol–water partition coefficient (Wildman–Crippen LogP) is 3.34. The molecule has 0 saturated heterocycles. The van der Waals surface area contributed by atoms with E-state index in [1.54, 1.807) is 0 Å². The molecule has 0 saturated carbocycles. The third kappa shape index (κ3) is 3.01. The minimum Gasteiger partial charge on any atom is -0.508 e. The summed E-state index contributed by atoms with van der Waals surface area (Å²) < 4.78 is 10.6. The van der Waals surface area contributed by atoms with Crippen molar-refractivity contribution in [1.82, 2.24) is 0 Å². The molecule has 5 nitrogen and oxygen atoms in total. The van der Waals surface area contributed by atoms with Crippen LogP contribution >= 0.6 is 0 Å². The molecule has 0 fully saturated rings. The van der Waals surface area contributed by atoms with Gasteiger partial charge in [0.2, 0.25) is 0 Å². The summed E-state index contributed by atoms with van der Waals surface area (Å²) in [5, 5.41) is 10.1. The number of hydrogen-bond acceptors (Lipinski definition) is 5. The van der Waals surface area contributed by atoms with Crippen LogP contribution in [-0.2, 0) is 24.2 Å². The van der Waals surface area contributed by atoms with Gasteiger partial charge >= 0.3 is 11.6 Å². The highest BCUT2D eigenvalue weighted by molar-refractivity contribution is 5.90. The Hall–Kier alpha value is -3.08. The molecule has 4 rings (SSSR count). The molecule has 0 atom stereocenters. The van der Waals surface area contributed by atoms with E-state index in [1.165, 1.54) is 41.5 Å². The largest absolute Gasteiger partial charge is 0.508 e. The summed E-state index contributed by atoms with van der Waals surface area (Å²) in [6.07, 6.45) is 3.10. The van der Waals surface area contributed by atoms with Gasteiger partial charge in [0.15, 0.2) is 0 Å². The van der Waals surface area contributed by atoms with E-state index in [-0.39, 0.29) is 12.4 Å². The molecule has 3 aromatic rings. The molecule has 2 aromatic carbocycles. The van der Waals surface area contributed by atoms with Gasteiger partial charge in [-0.05, 0) is 66.8 Å². The summed E-state index contributed by atoms with van der Waals surface area (Å²) in [6.45, 7) is -0.0133. The smallest absolute Gasteiger partial charge is 0.338 e. The van der Waals surface area contributed by atoms with Gasteiger partial charge in [-0.2, -0.15) is 0 Å². The second-order valence-electron chi connectivity index (χ2n) is 6.18. The number of aryl methyl sites for hydroxylation is 2. The highest BCUT2D eigenvalue weighted by Crippen LogP contribution is 2.28. The SMILES string of the molecule is O=C(OCc1cc(=O)oc2cc3c(cc12)CCC3)c1ccc(O)cc1. The Kier molecular flexibility index (Phi) is 3.76. The molecule has 1 heterocycles. The zero-order valence-corrected chi connectivity index (χ0v) is 13.5. The number of hydrogen-bond donors (Lipinski definition) is 1. The molecular formula is C20H16O5. The van der Waals surface area contributed by atoms with Crippen LogP contribution in [0.3, 0.4) is 0 Å². The van der Waals surface area contributed by atoms with Crippen molar-refractivity contribution in [1.29, 1.82) is 0 Å². The average Bonchev–Trinajstić information content (AvgIpc) is 3.05. The standard InChI is InChI=1S/C20H16O5/c21-16-6-4-12(5-7-16)20(23)24-11-15-10-19(22)25-18-9-14-3-1-2-13(14)8-17(15)18/h4-10,21H,1-3,11H2. The van der Waals surface area contributed by atoms with Crippen molar-refractivity contribution in [3.05, 3.63) is 75.1 Å². The molecule has 25 heavy (non-hydrogen) atoms. The number of carbonyl (C=O) groups is 1. The molecule has 1 aliphatic carbocycles. The zero-order valence-electron chi connectivity index (χ0n) is 13.5. The maximum absolute atomic E-state index is 12.1. The van der Waals surface area contributed by atoms with E-state index in [0.29, 0.717) is 16.7 Å². The second-order valence-corrected chi connectivity index (χ2v) is 6.18. The van der Waals surface area contributed by atoms with Gasteiger partial charge in [0.1, 0.15) is 17.9 Å². The Labute approximate surface area is 143 Å². The minimum absolute atomic E-state index is 0.0133. The third-order valence-corrected chi connectivity index (χ3v) is 4.50. The maximum Gasteiger partial charge on any atom is 0.338 e. The van der Waals surface area contributed by atoms with E-state index in [4.69, 9.17) is 9.15 Å². The number of fused-ring (bicyclic) bond motifs is 2. The van der Waals surface area contributed by atoms with E-state index < -0.39 is 11.6 Å². The lowest BCUT2D eigenvalue weighted by molar-refractivity contribution is 0.0474. The van der Waals surface area contributed by atoms with Crippen LogP contribution in [0.5, 0.6) is 5.75 Å². The van der Waals surface area contributed by atoms with Crippen molar-refractivity contribution >= 4 is 16.9 Å². The van der Waals surface area contributed by atoms with E-state index in [1.807, 2.05) is 12.1 Å². The van der Waals surface area contributed by atoms with Gasteiger partial charge in [-0.15, -0.1) is 0 Å². The van der Waals surface area contributed by atoms with Gasteiger partial charge in [-0.3, -0.25) is 0 Å². The van der Waals surface area contributed by atoms with Crippen molar-refractivity contribution in [2.45, 2.75) is 25.9 Å². The van der Waals surface area contributed by atoms with Crippen molar-refractivity contribution < 1.29 is 19.1 Å². The zero-order chi connectivity index (χ0) is 17.4. The molecule has 126 valence electrons. The van der Waals surface area contributed by atoms with Crippen LogP contribution < -0.4 is 5.63 Å². The first-order chi connectivity index (χ1) is 12.1. The topological polar surface area (TPSA) is 76.7 Å². The highest BCUT2D eigenvalue weighted by atomic mass is 16.5. The normalized spacial score (nSPS) is 13.0. The molecule has 0 unspecified atom stereocenters. The van der Waals surface area contributed by atoms with E-state index in [2.05, 4.69) is 0 Å². The van der Waals surface area contributed by atoms with Crippen molar-refractivity contribution in [2.24, 2.45) is 0 Å². The molecule has 0 aliphatic heterocycles. The average molecular weight is 336 g/mol. The second kappa shape index (κ2) is 6.09. The first-order valence-electron chi connectivity index (χ1n) is 8.15. The molecule has 0 amide bonds. The van der Waals surface area contributed by atoms with Crippen molar-refractivity contribution in [2.75, 3.05) is 0 Å². The Bertz CT molecular complexity index is 1010. The van der Waals surface area contributed by atoms with Gasteiger partial charge < -0.3 is 14.3 Å². The predicted molar refractivity (Wildman–Crippen MR) is 91.7 cm³/mol. The van der Waals surface area contributed by atoms with E-state index in [0.717, 1.165) is 24.6 Å². The first kappa shape index (κ1) is 15.4. The quantitative estimate of drug-likeness (QED) is 0.586. The van der Waals surface area contributed by atoms with Crippen LogP contribution in [0.15, 0.2) is 51.7 Å². The van der Waals surface area contributed by atoms with Crippen LogP contribution in [0.25, 0.3) is 11.0 Å². The Balaban J connectivity index is 1.63. The maximum atomic E-state index is 12.1. The van der Waals surface area contributed by atoms with Gasteiger partial charge in [0.25, 0.3) is 0 Å². The summed E-state index contributed by atoms with van der Waals surface area (Å²) in [5.74, 6) is -0.431. The lowest BCUT2D eigenvalue weighted by atomic mass is 10.0. The number of esters is 1. The monoisotopic (exact) mass is 336 g/mol. The third-order valence-electron chi connectivity index (χ3n) is 4.50. The number of rotatable bonds is 3. The molecular weight excluding hydrogens is 320 g/mol. The van der Waals surface area contributed by atoms with Gasteiger partial charge in [-0.1, -0.05) is 0 Å². The molecule has 0 radical (unpaired) electrons. The van der Waals surface area contributed by atoms with Gasteiger partial charge in [-0.25, -0.2) is 9.59 Å². The fourth-order valence-electron chi connectivity index (χ4n) is 3.24. The van der Waals surface area contributed by atoms with Crippen LogP contribution in [-0.4, -0.2) is 11.1 Å². The highest BCUT2D eigenvalue weighted by Gasteiger charge is 2.16. The summed E-state index contributed by atoms with van der Waals surface area (Å²) >= 11 is 0. The molecule has 1 N–H and O–H groups in total. The molecule has 0 spiro atoms. The summed E-state index contributed by atoms with van der Waals surface area (Å²) in [7, 11) is 0. The Morgan fingerprint density at radius 3 is 2.56 bits per heavy atom. The summed E-state index contributed by atoms with van der Waals surface area (Å²) in [5.41, 5.74) is 3.52. The van der Waals surface area contributed by atoms with Crippen LogP contribution in [0, 0.1) is 0 Å². The molecule has 0 bridgehead atoms.